The van der Waals surface area contributed by atoms with Gasteiger partial charge in [-0.25, -0.2) is 9.97 Å². The van der Waals surface area contributed by atoms with Crippen LogP contribution < -0.4 is 4.90 Å². The number of pyridine rings is 2. The summed E-state index contributed by atoms with van der Waals surface area (Å²) in [5, 5.41) is 0.675. The van der Waals surface area contributed by atoms with E-state index in [1.807, 2.05) is 60.5 Å². The minimum Gasteiger partial charge on any atom is -0.353 e. The first-order valence-corrected chi connectivity index (χ1v) is 11.0. The van der Waals surface area contributed by atoms with Crippen molar-refractivity contribution in [2.45, 2.75) is 12.8 Å². The molecule has 1 atom stereocenters. The predicted octanol–water partition coefficient (Wildman–Crippen LogP) is 4.13. The van der Waals surface area contributed by atoms with Crippen molar-refractivity contribution in [3.8, 4) is 11.4 Å². The zero-order valence-corrected chi connectivity index (χ0v) is 18.5. The van der Waals surface area contributed by atoms with Crippen molar-refractivity contribution in [3.05, 3.63) is 71.6 Å². The van der Waals surface area contributed by atoms with Gasteiger partial charge in [-0.3, -0.25) is 9.78 Å². The molecule has 5 rings (SSSR count). The largest absolute Gasteiger partial charge is 0.353 e. The van der Waals surface area contributed by atoms with Gasteiger partial charge in [0.2, 0.25) is 5.91 Å². The van der Waals surface area contributed by atoms with Gasteiger partial charge in [0.15, 0.2) is 0 Å². The van der Waals surface area contributed by atoms with Crippen LogP contribution in [0.2, 0.25) is 5.02 Å². The number of imidazole rings is 1. The van der Waals surface area contributed by atoms with Gasteiger partial charge in [-0.15, -0.1) is 0 Å². The lowest BCUT2D eigenvalue weighted by Crippen LogP contribution is -2.50. The number of nitrogens with one attached hydrogen (secondary N) is 1. The third kappa shape index (κ3) is 4.03. The van der Waals surface area contributed by atoms with Crippen LogP contribution in [-0.4, -0.2) is 56.9 Å². The second-order valence-corrected chi connectivity index (χ2v) is 8.41. The molecule has 1 aliphatic heterocycles. The van der Waals surface area contributed by atoms with Crippen molar-refractivity contribution in [1.29, 1.82) is 0 Å². The number of carbonyl (C=O) groups is 1. The van der Waals surface area contributed by atoms with E-state index in [0.29, 0.717) is 18.1 Å². The molecule has 0 radical (unpaired) electrons. The van der Waals surface area contributed by atoms with E-state index in [9.17, 15) is 4.79 Å². The van der Waals surface area contributed by atoms with Gasteiger partial charge in [-0.2, -0.15) is 0 Å². The van der Waals surface area contributed by atoms with Crippen LogP contribution in [0.1, 0.15) is 18.4 Å². The van der Waals surface area contributed by atoms with Crippen LogP contribution in [0.3, 0.4) is 0 Å². The molecule has 1 fully saturated rings. The van der Waals surface area contributed by atoms with Gasteiger partial charge in [0.1, 0.15) is 11.6 Å². The highest BCUT2D eigenvalue weighted by molar-refractivity contribution is 6.31. The Morgan fingerprint density at radius 2 is 1.94 bits per heavy atom. The molecule has 0 spiro atoms. The molecule has 0 saturated carbocycles. The van der Waals surface area contributed by atoms with E-state index in [4.69, 9.17) is 11.6 Å². The summed E-state index contributed by atoms with van der Waals surface area (Å²) in [5.41, 5.74) is 3.64. The molecular formula is C24H23ClN6O. The Balaban J connectivity index is 1.23. The molecule has 7 nitrogen and oxygen atoms in total. The first-order valence-electron chi connectivity index (χ1n) is 10.6. The van der Waals surface area contributed by atoms with Crippen LogP contribution in [0.4, 0.5) is 5.82 Å². The maximum absolute atomic E-state index is 12.9. The number of piperazine rings is 1. The number of hydrogen-bond donors (Lipinski definition) is 1. The number of halogens is 1. The number of hydrogen-bond acceptors (Lipinski definition) is 5. The van der Waals surface area contributed by atoms with Crippen molar-refractivity contribution < 1.29 is 4.79 Å². The SMILES string of the molecule is CC(C(=O)N1CCN(c2ccc(-c3nc4ccc(Cl)cc4[nH]3)cn2)CC1)c1cccnc1. The zero-order valence-electron chi connectivity index (χ0n) is 17.7. The van der Waals surface area contributed by atoms with E-state index in [1.54, 1.807) is 12.4 Å². The van der Waals surface area contributed by atoms with Crippen LogP contribution >= 0.6 is 11.6 Å². The molecule has 0 bridgehead atoms. The first-order chi connectivity index (χ1) is 15.6. The van der Waals surface area contributed by atoms with Crippen LogP contribution in [0.5, 0.6) is 0 Å². The quantitative estimate of drug-likeness (QED) is 0.510. The lowest BCUT2D eigenvalue weighted by atomic mass is 10.0. The molecule has 1 unspecified atom stereocenters. The maximum atomic E-state index is 12.9. The summed E-state index contributed by atoms with van der Waals surface area (Å²) >= 11 is 6.07. The molecule has 3 aromatic heterocycles. The van der Waals surface area contributed by atoms with Crippen LogP contribution in [0, 0.1) is 0 Å². The average Bonchev–Trinajstić information content (AvgIpc) is 3.27. The lowest BCUT2D eigenvalue weighted by Gasteiger charge is -2.36. The van der Waals surface area contributed by atoms with Crippen LogP contribution in [0.15, 0.2) is 61.1 Å². The average molecular weight is 447 g/mol. The van der Waals surface area contributed by atoms with Crippen molar-refractivity contribution >= 4 is 34.4 Å². The Morgan fingerprint density at radius 3 is 2.66 bits per heavy atom. The first kappa shape index (κ1) is 20.5. The molecule has 1 aromatic carbocycles. The lowest BCUT2D eigenvalue weighted by molar-refractivity contribution is -0.132. The highest BCUT2D eigenvalue weighted by atomic mass is 35.5. The van der Waals surface area contributed by atoms with E-state index in [0.717, 1.165) is 46.9 Å². The number of amides is 1. The molecule has 1 N–H and O–H groups in total. The van der Waals surface area contributed by atoms with Crippen molar-refractivity contribution in [2.75, 3.05) is 31.1 Å². The van der Waals surface area contributed by atoms with Crippen molar-refractivity contribution in [3.63, 3.8) is 0 Å². The molecule has 0 aliphatic carbocycles. The van der Waals surface area contributed by atoms with E-state index in [2.05, 4.69) is 24.8 Å². The number of anilines is 1. The number of nitrogens with zero attached hydrogens (tertiary/aromatic N) is 5. The number of carbonyl (C=O) groups excluding carboxylic acids is 1. The summed E-state index contributed by atoms with van der Waals surface area (Å²) in [6.07, 6.45) is 5.32. The number of fused-ring (bicyclic) bond motifs is 1. The highest BCUT2D eigenvalue weighted by Crippen LogP contribution is 2.25. The van der Waals surface area contributed by atoms with Gasteiger partial charge in [0, 0.05) is 55.4 Å². The molecule has 1 saturated heterocycles. The molecule has 4 aromatic rings. The topological polar surface area (TPSA) is 78.0 Å². The van der Waals surface area contributed by atoms with Crippen LogP contribution in [0.25, 0.3) is 22.4 Å². The summed E-state index contributed by atoms with van der Waals surface area (Å²) in [7, 11) is 0. The Labute approximate surface area is 191 Å². The number of rotatable bonds is 4. The van der Waals surface area contributed by atoms with Crippen molar-refractivity contribution in [1.82, 2.24) is 24.8 Å². The van der Waals surface area contributed by atoms with Gasteiger partial charge < -0.3 is 14.8 Å². The van der Waals surface area contributed by atoms with Gasteiger partial charge in [0.05, 0.1) is 17.0 Å². The summed E-state index contributed by atoms with van der Waals surface area (Å²) < 4.78 is 0. The predicted molar refractivity (Wildman–Crippen MR) is 126 cm³/mol. The number of aromatic nitrogens is 4. The Kier molecular flexibility index (Phi) is 5.49. The maximum Gasteiger partial charge on any atom is 0.230 e. The molecule has 8 heteroatoms. The summed E-state index contributed by atoms with van der Waals surface area (Å²) in [4.78, 5) is 33.7. The Morgan fingerprint density at radius 1 is 1.09 bits per heavy atom. The minimum absolute atomic E-state index is 0.144. The minimum atomic E-state index is -0.189. The van der Waals surface area contributed by atoms with Gasteiger partial charge >= 0.3 is 0 Å². The van der Waals surface area contributed by atoms with Gasteiger partial charge in [-0.1, -0.05) is 17.7 Å². The second-order valence-electron chi connectivity index (χ2n) is 7.97. The van der Waals surface area contributed by atoms with Crippen LogP contribution in [-0.2, 0) is 4.79 Å². The normalized spacial score (nSPS) is 15.2. The van der Waals surface area contributed by atoms with E-state index < -0.39 is 0 Å². The number of benzene rings is 1. The molecule has 32 heavy (non-hydrogen) atoms. The van der Waals surface area contributed by atoms with E-state index >= 15 is 0 Å². The second kappa shape index (κ2) is 8.59. The highest BCUT2D eigenvalue weighted by Gasteiger charge is 2.26. The monoisotopic (exact) mass is 446 g/mol. The van der Waals surface area contributed by atoms with E-state index in [1.165, 1.54) is 0 Å². The molecular weight excluding hydrogens is 424 g/mol. The zero-order chi connectivity index (χ0) is 22.1. The Hall–Kier alpha value is -3.45. The van der Waals surface area contributed by atoms with Gasteiger partial charge in [-0.05, 0) is 48.9 Å². The number of H-pyrrole nitrogens is 1. The Bertz CT molecular complexity index is 1230. The third-order valence-electron chi connectivity index (χ3n) is 5.94. The number of aromatic amines is 1. The molecule has 162 valence electrons. The fourth-order valence-electron chi connectivity index (χ4n) is 4.04. The van der Waals surface area contributed by atoms with Gasteiger partial charge in [0.25, 0.3) is 0 Å². The third-order valence-corrected chi connectivity index (χ3v) is 6.17. The standard InChI is InChI=1S/C24H23ClN6O/c1-16(17-3-2-8-26-14-17)24(32)31-11-9-30(10-12-31)22-7-4-18(15-27-22)23-28-20-6-5-19(25)13-21(20)29-23/h2-8,13-16H,9-12H2,1H3,(H,28,29). The van der Waals surface area contributed by atoms with E-state index in [-0.39, 0.29) is 11.8 Å². The molecule has 1 aliphatic rings. The smallest absolute Gasteiger partial charge is 0.230 e. The summed E-state index contributed by atoms with van der Waals surface area (Å²) in [6, 6.07) is 13.4. The summed E-state index contributed by atoms with van der Waals surface area (Å²) in [5.74, 6) is 1.62. The molecule has 1 amide bonds. The fraction of sp³-hybridized carbons (Fsp3) is 0.250. The fourth-order valence-corrected chi connectivity index (χ4v) is 4.21. The summed E-state index contributed by atoms with van der Waals surface area (Å²) in [6.45, 7) is 4.80. The van der Waals surface area contributed by atoms with Crippen molar-refractivity contribution in [2.24, 2.45) is 0 Å². The molecule has 4 heterocycles.